The van der Waals surface area contributed by atoms with Crippen molar-refractivity contribution in [2.75, 3.05) is 20.3 Å². The van der Waals surface area contributed by atoms with Gasteiger partial charge in [0.15, 0.2) is 0 Å². The number of hydrogen-bond acceptors (Lipinski definition) is 2. The van der Waals surface area contributed by atoms with Crippen molar-refractivity contribution in [2.45, 2.75) is 25.8 Å². The Morgan fingerprint density at radius 3 is 2.82 bits per heavy atom. The molecule has 1 N–H and O–H groups in total. The summed E-state index contributed by atoms with van der Waals surface area (Å²) in [6, 6.07) is 0.218. The number of hydrogen-bond donors (Lipinski definition) is 1. The van der Waals surface area contributed by atoms with E-state index in [1.807, 2.05) is 0 Å². The zero-order valence-corrected chi connectivity index (χ0v) is 7.39. The first-order valence-electron chi connectivity index (χ1n) is 4.03. The Labute approximate surface area is 69.3 Å². The van der Waals surface area contributed by atoms with Gasteiger partial charge < -0.3 is 10.1 Å². The summed E-state index contributed by atoms with van der Waals surface area (Å²) in [4.78, 5) is 0. The van der Waals surface area contributed by atoms with Gasteiger partial charge in [-0.25, -0.2) is 0 Å². The second-order valence-electron chi connectivity index (χ2n) is 2.45. The van der Waals surface area contributed by atoms with Crippen LogP contribution in [0.4, 0.5) is 0 Å². The van der Waals surface area contributed by atoms with Crippen molar-refractivity contribution < 1.29 is 4.74 Å². The van der Waals surface area contributed by atoms with E-state index in [4.69, 9.17) is 11.2 Å². The minimum absolute atomic E-state index is 0.218. The van der Waals surface area contributed by atoms with Crippen LogP contribution in [0, 0.1) is 12.3 Å². The summed E-state index contributed by atoms with van der Waals surface area (Å²) < 4.78 is 4.88. The molecule has 2 heteroatoms. The topological polar surface area (TPSA) is 21.3 Å². The molecule has 0 saturated heterocycles. The molecule has 0 aromatic carbocycles. The van der Waals surface area contributed by atoms with Crippen molar-refractivity contribution in [3.63, 3.8) is 0 Å². The van der Waals surface area contributed by atoms with Crippen LogP contribution in [-0.4, -0.2) is 26.3 Å². The number of methoxy groups -OCH3 is 1. The number of ether oxygens (including phenoxy) is 1. The molecule has 0 rings (SSSR count). The summed E-state index contributed by atoms with van der Waals surface area (Å²) in [6.45, 7) is 3.69. The molecular weight excluding hydrogens is 138 g/mol. The van der Waals surface area contributed by atoms with E-state index in [-0.39, 0.29) is 6.04 Å². The zero-order valence-electron chi connectivity index (χ0n) is 7.39. The predicted molar refractivity (Wildman–Crippen MR) is 47.4 cm³/mol. The maximum atomic E-state index is 5.29. The second-order valence-corrected chi connectivity index (χ2v) is 2.45. The van der Waals surface area contributed by atoms with Gasteiger partial charge in [-0.2, -0.15) is 0 Å². The van der Waals surface area contributed by atoms with Gasteiger partial charge >= 0.3 is 0 Å². The molecule has 1 unspecified atom stereocenters. The van der Waals surface area contributed by atoms with Crippen LogP contribution in [0.5, 0.6) is 0 Å². The lowest BCUT2D eigenvalue weighted by Gasteiger charge is -2.10. The molecule has 0 amide bonds. The lowest BCUT2D eigenvalue weighted by Crippen LogP contribution is -2.30. The van der Waals surface area contributed by atoms with Crippen molar-refractivity contribution in [1.82, 2.24) is 5.32 Å². The first-order chi connectivity index (χ1) is 5.35. The van der Waals surface area contributed by atoms with E-state index in [2.05, 4.69) is 18.2 Å². The van der Waals surface area contributed by atoms with Crippen LogP contribution in [0.3, 0.4) is 0 Å². The van der Waals surface area contributed by atoms with Crippen molar-refractivity contribution >= 4 is 0 Å². The van der Waals surface area contributed by atoms with Gasteiger partial charge in [0.05, 0.1) is 12.6 Å². The molecule has 0 aromatic rings. The maximum absolute atomic E-state index is 5.29. The summed E-state index contributed by atoms with van der Waals surface area (Å²) in [5, 5.41) is 3.21. The lowest BCUT2D eigenvalue weighted by molar-refractivity contribution is 0.197. The molecule has 0 aliphatic rings. The lowest BCUT2D eigenvalue weighted by atomic mass is 10.2. The zero-order chi connectivity index (χ0) is 8.53. The van der Waals surface area contributed by atoms with Crippen LogP contribution in [0.25, 0.3) is 0 Å². The van der Waals surface area contributed by atoms with E-state index < -0.39 is 0 Å². The van der Waals surface area contributed by atoms with E-state index >= 15 is 0 Å². The van der Waals surface area contributed by atoms with Gasteiger partial charge in [-0.05, 0) is 6.42 Å². The fourth-order valence-electron chi connectivity index (χ4n) is 0.868. The Morgan fingerprint density at radius 2 is 2.36 bits per heavy atom. The van der Waals surface area contributed by atoms with Gasteiger partial charge in [0.1, 0.15) is 0 Å². The molecule has 0 radical (unpaired) electrons. The van der Waals surface area contributed by atoms with E-state index in [0.29, 0.717) is 0 Å². The van der Waals surface area contributed by atoms with Crippen LogP contribution in [0.15, 0.2) is 0 Å². The number of rotatable bonds is 6. The van der Waals surface area contributed by atoms with E-state index in [0.717, 1.165) is 26.0 Å². The average molecular weight is 155 g/mol. The Kier molecular flexibility index (Phi) is 7.23. The highest BCUT2D eigenvalue weighted by Gasteiger charge is 1.99. The van der Waals surface area contributed by atoms with Crippen LogP contribution in [0.1, 0.15) is 19.8 Å². The quantitative estimate of drug-likeness (QED) is 0.457. The summed E-state index contributed by atoms with van der Waals surface area (Å²) in [7, 11) is 1.69. The molecule has 11 heavy (non-hydrogen) atoms. The van der Waals surface area contributed by atoms with Gasteiger partial charge in [-0.1, -0.05) is 19.3 Å². The minimum Gasteiger partial charge on any atom is -0.383 e. The molecule has 0 saturated carbocycles. The maximum Gasteiger partial charge on any atom is 0.0687 e. The van der Waals surface area contributed by atoms with Crippen LogP contribution in [-0.2, 0) is 4.74 Å². The van der Waals surface area contributed by atoms with Gasteiger partial charge in [0, 0.05) is 13.7 Å². The van der Waals surface area contributed by atoms with Crippen molar-refractivity contribution in [3.05, 3.63) is 0 Å². The normalized spacial score (nSPS) is 12.5. The molecule has 0 aromatic heterocycles. The number of nitrogens with one attached hydrogen (secondary N) is 1. The van der Waals surface area contributed by atoms with E-state index in [1.165, 1.54) is 0 Å². The molecule has 0 aliphatic carbocycles. The third-order valence-electron chi connectivity index (χ3n) is 1.48. The minimum atomic E-state index is 0.218. The molecular formula is C9H17NO. The molecule has 0 heterocycles. The second kappa shape index (κ2) is 7.59. The standard InChI is InChI=1S/C9H17NO/c1-4-6-9(5-2)10-7-8-11-3/h2,9-10H,4,6-8H2,1,3H3. The van der Waals surface area contributed by atoms with Crippen molar-refractivity contribution in [2.24, 2.45) is 0 Å². The van der Waals surface area contributed by atoms with Gasteiger partial charge in [0.25, 0.3) is 0 Å². The third kappa shape index (κ3) is 5.90. The fourth-order valence-corrected chi connectivity index (χ4v) is 0.868. The van der Waals surface area contributed by atoms with E-state index in [1.54, 1.807) is 7.11 Å². The summed E-state index contributed by atoms with van der Waals surface area (Å²) >= 11 is 0. The van der Waals surface area contributed by atoms with Crippen LogP contribution in [0.2, 0.25) is 0 Å². The van der Waals surface area contributed by atoms with Crippen LogP contribution < -0.4 is 5.32 Å². The highest BCUT2D eigenvalue weighted by molar-refractivity contribution is 4.98. The molecule has 0 aliphatic heterocycles. The van der Waals surface area contributed by atoms with Gasteiger partial charge in [-0.15, -0.1) is 6.42 Å². The molecule has 1 atom stereocenters. The Hall–Kier alpha value is -0.520. The highest BCUT2D eigenvalue weighted by Crippen LogP contribution is 1.93. The van der Waals surface area contributed by atoms with Gasteiger partial charge in [0.2, 0.25) is 0 Å². The largest absolute Gasteiger partial charge is 0.383 e. The van der Waals surface area contributed by atoms with Crippen molar-refractivity contribution in [1.29, 1.82) is 0 Å². The first kappa shape index (κ1) is 10.5. The number of terminal acetylenes is 1. The predicted octanol–water partition coefficient (Wildman–Crippen LogP) is 1.02. The molecule has 0 bridgehead atoms. The molecule has 0 spiro atoms. The Balaban J connectivity index is 3.30. The third-order valence-corrected chi connectivity index (χ3v) is 1.48. The summed E-state index contributed by atoms with van der Waals surface area (Å²) in [5.74, 6) is 2.70. The summed E-state index contributed by atoms with van der Waals surface area (Å²) in [5.41, 5.74) is 0. The monoisotopic (exact) mass is 155 g/mol. The highest BCUT2D eigenvalue weighted by atomic mass is 16.5. The summed E-state index contributed by atoms with van der Waals surface area (Å²) in [6.07, 6.45) is 7.45. The SMILES string of the molecule is C#CC(CCC)NCCOC. The Morgan fingerprint density at radius 1 is 1.64 bits per heavy atom. The van der Waals surface area contributed by atoms with E-state index in [9.17, 15) is 0 Å². The Bertz CT molecular complexity index is 117. The van der Waals surface area contributed by atoms with Crippen LogP contribution >= 0.6 is 0 Å². The van der Waals surface area contributed by atoms with Gasteiger partial charge in [-0.3, -0.25) is 0 Å². The molecule has 64 valence electrons. The molecule has 0 fully saturated rings. The molecule has 2 nitrogen and oxygen atoms in total. The fraction of sp³-hybridized carbons (Fsp3) is 0.778. The first-order valence-corrected chi connectivity index (χ1v) is 4.03. The van der Waals surface area contributed by atoms with Crippen molar-refractivity contribution in [3.8, 4) is 12.3 Å². The smallest absolute Gasteiger partial charge is 0.0687 e. The average Bonchev–Trinajstić information content (AvgIpc) is 2.03.